The number of fused-ring (bicyclic) bond motifs is 2. The number of nitrogens with one attached hydrogen (secondary N) is 1. The minimum absolute atomic E-state index is 0.0293. The van der Waals surface area contributed by atoms with Crippen molar-refractivity contribution < 1.29 is 22.0 Å². The molecule has 212 valence electrons. The zero-order valence-corrected chi connectivity index (χ0v) is 24.2. The average Bonchev–Trinajstić information content (AvgIpc) is 3.57. The largest absolute Gasteiger partial charge is 0.455 e. The summed E-state index contributed by atoms with van der Waals surface area (Å²) in [6.07, 6.45) is 2.36. The summed E-state index contributed by atoms with van der Waals surface area (Å²) in [4.78, 5) is 25.3. The van der Waals surface area contributed by atoms with Crippen LogP contribution in [0.3, 0.4) is 0 Å². The number of nitrogens with zero attached hydrogens (tertiary/aromatic N) is 3. The lowest BCUT2D eigenvalue weighted by Gasteiger charge is -2.20. The zero-order valence-electron chi connectivity index (χ0n) is 23.4. The molecule has 0 saturated heterocycles. The molecule has 8 nitrogen and oxygen atoms in total. The van der Waals surface area contributed by atoms with Gasteiger partial charge in [0.05, 0.1) is 29.4 Å². The van der Waals surface area contributed by atoms with E-state index in [9.17, 15) is 13.2 Å². The Bertz CT molecular complexity index is 2080. The van der Waals surface area contributed by atoms with Crippen molar-refractivity contribution in [2.24, 2.45) is 0 Å². The van der Waals surface area contributed by atoms with Crippen LogP contribution in [-0.4, -0.2) is 42.5 Å². The molecule has 0 aliphatic rings. The maximum Gasteiger partial charge on any atom is 0.232 e. The van der Waals surface area contributed by atoms with Crippen molar-refractivity contribution in [3.05, 3.63) is 89.9 Å². The van der Waals surface area contributed by atoms with Gasteiger partial charge in [0, 0.05) is 47.0 Å². The molecule has 0 unspecified atom stereocenters. The number of ketones is 1. The van der Waals surface area contributed by atoms with Crippen LogP contribution >= 0.6 is 0 Å². The number of hydrogen-bond donors (Lipinski definition) is 1. The molecule has 0 aliphatic heterocycles. The van der Waals surface area contributed by atoms with Crippen LogP contribution in [0.5, 0.6) is 0 Å². The highest BCUT2D eigenvalue weighted by molar-refractivity contribution is 7.92. The number of H-pyrrole nitrogens is 1. The molecule has 6 aromatic rings. The number of rotatable bonds is 7. The number of Topliss-reactive ketones (excluding diaryl/α,β-unsaturated/α-hetero) is 1. The molecular formula is C32H27FN4O4S. The van der Waals surface area contributed by atoms with Crippen molar-refractivity contribution in [1.82, 2.24) is 15.0 Å². The van der Waals surface area contributed by atoms with Gasteiger partial charge >= 0.3 is 0 Å². The first-order valence-electron chi connectivity index (χ1n) is 13.3. The van der Waals surface area contributed by atoms with Gasteiger partial charge < -0.3 is 9.40 Å². The summed E-state index contributed by atoms with van der Waals surface area (Å²) in [5, 5.41) is 1.37. The fraction of sp³-hybridized carbons (Fsp3) is 0.156. The smallest absolute Gasteiger partial charge is 0.232 e. The fourth-order valence-corrected chi connectivity index (χ4v) is 5.51. The lowest BCUT2D eigenvalue weighted by molar-refractivity contribution is 0.0989. The summed E-state index contributed by atoms with van der Waals surface area (Å²) in [7, 11) is -2.33. The Morgan fingerprint density at radius 2 is 1.81 bits per heavy atom. The van der Waals surface area contributed by atoms with E-state index in [-0.39, 0.29) is 29.4 Å². The van der Waals surface area contributed by atoms with Crippen LogP contribution in [0.1, 0.15) is 29.3 Å². The first-order valence-corrected chi connectivity index (χ1v) is 15.2. The Morgan fingerprint density at radius 3 is 2.50 bits per heavy atom. The molecule has 0 saturated carbocycles. The van der Waals surface area contributed by atoms with Gasteiger partial charge in [-0.2, -0.15) is 0 Å². The number of hydrogen-bond acceptors (Lipinski definition) is 6. The van der Waals surface area contributed by atoms with Crippen LogP contribution in [-0.2, 0) is 10.0 Å². The molecule has 0 amide bonds. The number of benzene rings is 3. The van der Waals surface area contributed by atoms with E-state index < -0.39 is 15.8 Å². The van der Waals surface area contributed by atoms with Crippen molar-refractivity contribution in [2.75, 3.05) is 17.6 Å². The summed E-state index contributed by atoms with van der Waals surface area (Å²) in [5.74, 6) is -0.305. The topological polar surface area (TPSA) is 109 Å². The number of halogens is 1. The van der Waals surface area contributed by atoms with E-state index in [0.717, 1.165) is 33.2 Å². The van der Waals surface area contributed by atoms with E-state index in [1.807, 2.05) is 55.5 Å². The van der Waals surface area contributed by atoms with Gasteiger partial charge in [-0.25, -0.2) is 22.8 Å². The SMILES string of the molecule is CCC(=O)c1c(-c2ccc(C)cc2)oc2cc(N(C)S(C)(=O)=O)c(-c3ncc(F)c(-c4cc5ccccc5[nH]4)n3)cc12. The number of aromatic amines is 1. The standard InChI is InChI=1S/C32H27FN4O4S/c1-5-27(38)29-22-15-21(32-34-17-23(33)30(36-32)25-14-20-8-6-7-9-24(20)35-25)26(37(3)42(4,39)40)16-28(22)41-31(29)19-12-10-18(2)11-13-19/h6-17,35H,5H2,1-4H3. The van der Waals surface area contributed by atoms with Crippen LogP contribution < -0.4 is 4.31 Å². The molecule has 42 heavy (non-hydrogen) atoms. The maximum atomic E-state index is 15.1. The third-order valence-corrected chi connectivity index (χ3v) is 8.52. The molecule has 3 aromatic carbocycles. The Hall–Kier alpha value is -4.83. The maximum absolute atomic E-state index is 15.1. The van der Waals surface area contributed by atoms with Gasteiger partial charge in [0.2, 0.25) is 10.0 Å². The van der Waals surface area contributed by atoms with Crippen LogP contribution in [0.4, 0.5) is 10.1 Å². The second-order valence-electron chi connectivity index (χ2n) is 10.2. The number of aromatic nitrogens is 3. The molecule has 3 aromatic heterocycles. The highest BCUT2D eigenvalue weighted by Gasteiger charge is 2.27. The van der Waals surface area contributed by atoms with E-state index >= 15 is 4.39 Å². The Kier molecular flexibility index (Phi) is 6.65. The summed E-state index contributed by atoms with van der Waals surface area (Å²) in [5.41, 5.74) is 4.29. The van der Waals surface area contributed by atoms with Crippen molar-refractivity contribution in [3.63, 3.8) is 0 Å². The molecule has 0 bridgehead atoms. The van der Waals surface area contributed by atoms with E-state index in [4.69, 9.17) is 4.42 Å². The number of sulfonamides is 1. The minimum Gasteiger partial charge on any atom is -0.455 e. The van der Waals surface area contributed by atoms with E-state index in [2.05, 4.69) is 15.0 Å². The quantitative estimate of drug-likeness (QED) is 0.200. The van der Waals surface area contributed by atoms with Gasteiger partial charge in [0.15, 0.2) is 17.4 Å². The zero-order chi connectivity index (χ0) is 29.8. The van der Waals surface area contributed by atoms with E-state index in [0.29, 0.717) is 39.1 Å². The first-order chi connectivity index (χ1) is 20.0. The van der Waals surface area contributed by atoms with Crippen LogP contribution in [0.15, 0.2) is 77.3 Å². The number of furan rings is 1. The second kappa shape index (κ2) is 10.2. The minimum atomic E-state index is -3.74. The lowest BCUT2D eigenvalue weighted by atomic mass is 9.98. The van der Waals surface area contributed by atoms with Gasteiger partial charge in [0.1, 0.15) is 17.0 Å². The molecule has 6 rings (SSSR count). The van der Waals surface area contributed by atoms with Gasteiger partial charge in [0.25, 0.3) is 0 Å². The number of para-hydroxylation sites is 1. The Morgan fingerprint density at radius 1 is 1.07 bits per heavy atom. The normalized spacial score (nSPS) is 11.8. The second-order valence-corrected chi connectivity index (χ2v) is 12.2. The van der Waals surface area contributed by atoms with Crippen molar-refractivity contribution in [1.29, 1.82) is 0 Å². The highest BCUT2D eigenvalue weighted by Crippen LogP contribution is 2.41. The van der Waals surface area contributed by atoms with Gasteiger partial charge in [-0.15, -0.1) is 0 Å². The Balaban J connectivity index is 1.63. The van der Waals surface area contributed by atoms with E-state index in [1.54, 1.807) is 25.1 Å². The number of carbonyl (C=O) groups excluding carboxylic acids is 1. The van der Waals surface area contributed by atoms with Crippen LogP contribution in [0.2, 0.25) is 0 Å². The van der Waals surface area contributed by atoms with Gasteiger partial charge in [-0.1, -0.05) is 55.0 Å². The summed E-state index contributed by atoms with van der Waals surface area (Å²) < 4.78 is 47.9. The van der Waals surface area contributed by atoms with Gasteiger partial charge in [-0.3, -0.25) is 9.10 Å². The van der Waals surface area contributed by atoms with Gasteiger partial charge in [-0.05, 0) is 25.1 Å². The molecule has 0 aliphatic carbocycles. The molecular weight excluding hydrogens is 555 g/mol. The molecule has 0 atom stereocenters. The predicted octanol–water partition coefficient (Wildman–Crippen LogP) is 7.14. The number of aryl methyl sites for hydroxylation is 1. The van der Waals surface area contributed by atoms with E-state index in [1.165, 1.54) is 7.05 Å². The first kappa shape index (κ1) is 27.3. The predicted molar refractivity (Wildman–Crippen MR) is 163 cm³/mol. The molecule has 1 N–H and O–H groups in total. The third kappa shape index (κ3) is 4.73. The van der Waals surface area contributed by atoms with Crippen LogP contribution in [0.25, 0.3) is 56.0 Å². The fourth-order valence-electron chi connectivity index (χ4n) is 5.00. The lowest BCUT2D eigenvalue weighted by Crippen LogP contribution is -2.25. The Labute approximate surface area is 241 Å². The highest BCUT2D eigenvalue weighted by atomic mass is 32.2. The monoisotopic (exact) mass is 582 g/mol. The summed E-state index contributed by atoms with van der Waals surface area (Å²) in [6.45, 7) is 3.73. The number of carbonyl (C=O) groups is 1. The van der Waals surface area contributed by atoms with Crippen molar-refractivity contribution in [2.45, 2.75) is 20.3 Å². The summed E-state index contributed by atoms with van der Waals surface area (Å²) >= 11 is 0. The molecule has 0 spiro atoms. The van der Waals surface area contributed by atoms with Crippen molar-refractivity contribution in [3.8, 4) is 34.1 Å². The average molecular weight is 583 g/mol. The van der Waals surface area contributed by atoms with Crippen LogP contribution in [0, 0.1) is 12.7 Å². The molecule has 3 heterocycles. The number of anilines is 1. The van der Waals surface area contributed by atoms with Crippen molar-refractivity contribution >= 4 is 43.4 Å². The molecule has 10 heteroatoms. The molecule has 0 radical (unpaired) electrons. The third-order valence-electron chi connectivity index (χ3n) is 7.33. The molecule has 0 fully saturated rings. The summed E-state index contributed by atoms with van der Waals surface area (Å²) in [6, 6.07) is 20.1.